The van der Waals surface area contributed by atoms with Gasteiger partial charge in [0.2, 0.25) is 0 Å². The maximum absolute atomic E-state index is 8.69. The molecule has 20 heavy (non-hydrogen) atoms. The Balaban J connectivity index is 2.12. The molecule has 0 aliphatic carbocycles. The first-order chi connectivity index (χ1) is 9.61. The molecule has 0 aliphatic heterocycles. The summed E-state index contributed by atoms with van der Waals surface area (Å²) in [4.78, 5) is 0. The van der Waals surface area contributed by atoms with Crippen molar-refractivity contribution in [1.82, 2.24) is 0 Å². The van der Waals surface area contributed by atoms with Gasteiger partial charge in [-0.05, 0) is 36.8 Å². The minimum absolute atomic E-state index is 0.0971. The highest BCUT2D eigenvalue weighted by molar-refractivity contribution is 9.10. The van der Waals surface area contributed by atoms with E-state index in [9.17, 15) is 0 Å². The number of rotatable bonds is 4. The van der Waals surface area contributed by atoms with Gasteiger partial charge < -0.3 is 15.7 Å². The third-order valence-corrected chi connectivity index (χ3v) is 3.71. The average molecular weight is 335 g/mol. The number of ether oxygens (including phenoxy) is 1. The van der Waals surface area contributed by atoms with Crippen molar-refractivity contribution < 1.29 is 9.94 Å². The Labute approximate surface area is 126 Å². The van der Waals surface area contributed by atoms with Gasteiger partial charge in [0.1, 0.15) is 12.4 Å². The predicted octanol–water partition coefficient (Wildman–Crippen LogP) is 3.43. The third kappa shape index (κ3) is 3.30. The predicted molar refractivity (Wildman–Crippen MR) is 82.2 cm³/mol. The van der Waals surface area contributed by atoms with Crippen LogP contribution in [0, 0.1) is 6.92 Å². The first-order valence-corrected chi connectivity index (χ1v) is 6.86. The molecule has 3 N–H and O–H groups in total. The number of amidine groups is 1. The molecule has 5 heteroatoms. The molecule has 0 amide bonds. The van der Waals surface area contributed by atoms with Crippen LogP contribution in [0.1, 0.15) is 16.7 Å². The van der Waals surface area contributed by atoms with Crippen LogP contribution in [0.2, 0.25) is 0 Å². The van der Waals surface area contributed by atoms with E-state index in [1.165, 1.54) is 0 Å². The van der Waals surface area contributed by atoms with Crippen LogP contribution in [0.15, 0.2) is 52.1 Å². The van der Waals surface area contributed by atoms with Gasteiger partial charge in [0.25, 0.3) is 0 Å². The number of hydrogen-bond acceptors (Lipinski definition) is 3. The molecule has 104 valence electrons. The molecule has 2 aromatic carbocycles. The summed E-state index contributed by atoms with van der Waals surface area (Å²) in [7, 11) is 0. The van der Waals surface area contributed by atoms with Crippen molar-refractivity contribution in [2.75, 3.05) is 0 Å². The van der Waals surface area contributed by atoms with E-state index in [1.807, 2.05) is 37.3 Å². The molecule has 0 aromatic heterocycles. The molecule has 2 rings (SSSR count). The molecule has 4 nitrogen and oxygen atoms in total. The quantitative estimate of drug-likeness (QED) is 0.389. The summed E-state index contributed by atoms with van der Waals surface area (Å²) in [6.45, 7) is 2.36. The van der Waals surface area contributed by atoms with Gasteiger partial charge in [-0.2, -0.15) is 0 Å². The summed E-state index contributed by atoms with van der Waals surface area (Å²) in [6, 6.07) is 13.4. The van der Waals surface area contributed by atoms with Crippen LogP contribution in [0.3, 0.4) is 0 Å². The zero-order valence-corrected chi connectivity index (χ0v) is 12.6. The number of benzene rings is 2. The molecule has 0 heterocycles. The topological polar surface area (TPSA) is 67.8 Å². The summed E-state index contributed by atoms with van der Waals surface area (Å²) in [5, 5.41) is 11.7. The summed E-state index contributed by atoms with van der Waals surface area (Å²) < 4.78 is 6.77. The zero-order chi connectivity index (χ0) is 14.5. The highest BCUT2D eigenvalue weighted by atomic mass is 79.9. The number of nitrogens with two attached hydrogens (primary N) is 1. The lowest BCUT2D eigenvalue weighted by Gasteiger charge is -2.10. The van der Waals surface area contributed by atoms with Crippen molar-refractivity contribution in [1.29, 1.82) is 0 Å². The van der Waals surface area contributed by atoms with Crippen molar-refractivity contribution in [2.45, 2.75) is 13.5 Å². The van der Waals surface area contributed by atoms with Gasteiger partial charge >= 0.3 is 0 Å². The maximum Gasteiger partial charge on any atom is 0.170 e. The fourth-order valence-electron chi connectivity index (χ4n) is 1.84. The second kappa shape index (κ2) is 6.43. The molecule has 0 atom stereocenters. The first-order valence-electron chi connectivity index (χ1n) is 6.06. The molecule has 0 unspecified atom stereocenters. The van der Waals surface area contributed by atoms with Crippen molar-refractivity contribution in [2.24, 2.45) is 10.9 Å². The van der Waals surface area contributed by atoms with Gasteiger partial charge in [0, 0.05) is 15.6 Å². The molecule has 0 aliphatic rings. The Bertz CT molecular complexity index is 642. The molecular formula is C15H15BrN2O2. The van der Waals surface area contributed by atoms with Crippen LogP contribution < -0.4 is 10.5 Å². The summed E-state index contributed by atoms with van der Waals surface area (Å²) >= 11 is 3.48. The van der Waals surface area contributed by atoms with Gasteiger partial charge in [-0.1, -0.05) is 39.3 Å². The monoisotopic (exact) mass is 334 g/mol. The smallest absolute Gasteiger partial charge is 0.170 e. The second-order valence-corrected chi connectivity index (χ2v) is 5.20. The number of aryl methyl sites for hydroxylation is 1. The van der Waals surface area contributed by atoms with E-state index < -0.39 is 0 Å². The van der Waals surface area contributed by atoms with Crippen LogP contribution in [0.5, 0.6) is 5.75 Å². The van der Waals surface area contributed by atoms with E-state index >= 15 is 0 Å². The first kappa shape index (κ1) is 14.4. The Hall–Kier alpha value is -2.01. The highest BCUT2D eigenvalue weighted by Gasteiger charge is 2.06. The largest absolute Gasteiger partial charge is 0.489 e. The molecule has 2 aromatic rings. The van der Waals surface area contributed by atoms with Crippen LogP contribution in [-0.2, 0) is 6.61 Å². The number of nitrogens with zero attached hydrogens (tertiary/aromatic N) is 1. The van der Waals surface area contributed by atoms with Crippen molar-refractivity contribution in [3.05, 3.63) is 63.6 Å². The lowest BCUT2D eigenvalue weighted by Crippen LogP contribution is -2.14. The molecular weight excluding hydrogens is 320 g/mol. The van der Waals surface area contributed by atoms with Crippen molar-refractivity contribution in [3.8, 4) is 5.75 Å². The molecule has 0 radical (unpaired) electrons. The Morgan fingerprint density at radius 2 is 2.05 bits per heavy atom. The highest BCUT2D eigenvalue weighted by Crippen LogP contribution is 2.21. The van der Waals surface area contributed by atoms with Gasteiger partial charge in [-0.25, -0.2) is 0 Å². The van der Waals surface area contributed by atoms with Crippen molar-refractivity contribution >= 4 is 21.8 Å². The van der Waals surface area contributed by atoms with Gasteiger partial charge in [-0.3, -0.25) is 0 Å². The molecule has 0 spiro atoms. The fraction of sp³-hybridized carbons (Fsp3) is 0.133. The Morgan fingerprint density at radius 3 is 2.70 bits per heavy atom. The summed E-state index contributed by atoms with van der Waals surface area (Å²) in [6.07, 6.45) is 0. The van der Waals surface area contributed by atoms with Crippen molar-refractivity contribution in [3.63, 3.8) is 0 Å². The third-order valence-electron chi connectivity index (χ3n) is 2.93. The second-order valence-electron chi connectivity index (χ2n) is 4.34. The van der Waals surface area contributed by atoms with E-state index in [1.54, 1.807) is 12.1 Å². The normalized spacial score (nSPS) is 11.4. The van der Waals surface area contributed by atoms with Gasteiger partial charge in [0.15, 0.2) is 5.84 Å². The van der Waals surface area contributed by atoms with E-state index in [0.717, 1.165) is 21.3 Å². The number of halogens is 1. The number of hydrogen-bond donors (Lipinski definition) is 2. The van der Waals surface area contributed by atoms with Crippen LogP contribution in [0.4, 0.5) is 0 Å². The van der Waals surface area contributed by atoms with E-state index in [4.69, 9.17) is 15.7 Å². The zero-order valence-electron chi connectivity index (χ0n) is 11.0. The SMILES string of the molecule is Cc1cc(OCc2ccccc2Br)ccc1/C(N)=N/O. The molecule has 0 saturated heterocycles. The average Bonchev–Trinajstić information content (AvgIpc) is 2.46. The molecule has 0 fully saturated rings. The lowest BCUT2D eigenvalue weighted by molar-refractivity contribution is 0.305. The van der Waals surface area contributed by atoms with E-state index in [0.29, 0.717) is 12.2 Å². The minimum atomic E-state index is 0.0971. The number of oxime groups is 1. The van der Waals surface area contributed by atoms with Crippen LogP contribution in [0.25, 0.3) is 0 Å². The van der Waals surface area contributed by atoms with Crippen LogP contribution in [-0.4, -0.2) is 11.0 Å². The van der Waals surface area contributed by atoms with Gasteiger partial charge in [0.05, 0.1) is 0 Å². The molecule has 0 saturated carbocycles. The van der Waals surface area contributed by atoms with E-state index in [2.05, 4.69) is 21.1 Å². The van der Waals surface area contributed by atoms with Gasteiger partial charge in [-0.15, -0.1) is 0 Å². The van der Waals surface area contributed by atoms with E-state index in [-0.39, 0.29) is 5.84 Å². The molecule has 0 bridgehead atoms. The Kier molecular flexibility index (Phi) is 4.63. The summed E-state index contributed by atoms with van der Waals surface area (Å²) in [5.41, 5.74) is 8.25. The maximum atomic E-state index is 8.69. The Morgan fingerprint density at radius 1 is 1.30 bits per heavy atom. The summed E-state index contributed by atoms with van der Waals surface area (Å²) in [5.74, 6) is 0.840. The standard InChI is InChI=1S/C15H15BrN2O2/c1-10-8-12(6-7-13(10)15(17)18-19)20-9-11-4-2-3-5-14(11)16/h2-8,19H,9H2,1H3,(H2,17,18). The fourth-order valence-corrected chi connectivity index (χ4v) is 2.24. The minimum Gasteiger partial charge on any atom is -0.489 e. The van der Waals surface area contributed by atoms with Crippen LogP contribution >= 0.6 is 15.9 Å². The lowest BCUT2D eigenvalue weighted by atomic mass is 10.1.